The van der Waals surface area contributed by atoms with Crippen LogP contribution in [0.4, 0.5) is 8.78 Å². The zero-order valence-corrected chi connectivity index (χ0v) is 14.8. The van der Waals surface area contributed by atoms with Crippen LogP contribution in [0.2, 0.25) is 0 Å². The first-order valence-corrected chi connectivity index (χ1v) is 8.88. The van der Waals surface area contributed by atoms with E-state index in [1.807, 2.05) is 67.6 Å². The first-order chi connectivity index (χ1) is 12.5. The molecule has 3 nitrogen and oxygen atoms in total. The van der Waals surface area contributed by atoms with Gasteiger partial charge in [-0.3, -0.25) is 4.90 Å². The highest BCUT2D eigenvalue weighted by molar-refractivity contribution is 5.78. The molecule has 0 spiro atoms. The largest absolute Gasteiger partial charge is 0.456 e. The summed E-state index contributed by atoms with van der Waals surface area (Å²) in [6, 6.07) is 18.0. The number of esters is 1. The van der Waals surface area contributed by atoms with Gasteiger partial charge >= 0.3 is 5.97 Å². The van der Waals surface area contributed by atoms with E-state index in [-0.39, 0.29) is 25.9 Å². The summed E-state index contributed by atoms with van der Waals surface area (Å²) in [5.41, 5.74) is 1.67. The Bertz CT molecular complexity index is 711. The molecule has 0 bridgehead atoms. The van der Waals surface area contributed by atoms with E-state index < -0.39 is 24.0 Å². The molecule has 3 rings (SSSR count). The second kappa shape index (κ2) is 7.96. The number of likely N-dealkylation sites (tertiary alicyclic amines) is 1. The number of ether oxygens (including phenoxy) is 1. The fourth-order valence-corrected chi connectivity index (χ4v) is 3.27. The van der Waals surface area contributed by atoms with Gasteiger partial charge in [0.2, 0.25) is 0 Å². The summed E-state index contributed by atoms with van der Waals surface area (Å²) >= 11 is 0. The molecule has 0 aliphatic carbocycles. The molecule has 5 heteroatoms. The highest BCUT2D eigenvalue weighted by Gasteiger charge is 2.39. The van der Waals surface area contributed by atoms with Gasteiger partial charge < -0.3 is 4.74 Å². The lowest BCUT2D eigenvalue weighted by Gasteiger charge is -2.36. The van der Waals surface area contributed by atoms with Gasteiger partial charge in [-0.1, -0.05) is 60.7 Å². The molecule has 2 aromatic rings. The van der Waals surface area contributed by atoms with Crippen LogP contribution in [0.5, 0.6) is 0 Å². The molecule has 2 aromatic carbocycles. The number of piperidine rings is 1. The third kappa shape index (κ3) is 4.47. The van der Waals surface area contributed by atoms with E-state index in [4.69, 9.17) is 4.74 Å². The Morgan fingerprint density at radius 1 is 0.962 bits per heavy atom. The monoisotopic (exact) mass is 359 g/mol. The highest BCUT2D eigenvalue weighted by Crippen LogP contribution is 2.34. The van der Waals surface area contributed by atoms with Crippen LogP contribution in [0.3, 0.4) is 0 Å². The molecule has 1 fully saturated rings. The van der Waals surface area contributed by atoms with Gasteiger partial charge in [0.25, 0.3) is 5.92 Å². The zero-order valence-electron chi connectivity index (χ0n) is 14.8. The van der Waals surface area contributed by atoms with Crippen LogP contribution in [-0.4, -0.2) is 29.9 Å². The molecule has 138 valence electrons. The molecule has 2 atom stereocenters. The molecule has 0 amide bonds. The Balaban J connectivity index is 1.78. The highest BCUT2D eigenvalue weighted by atomic mass is 19.3. The number of benzene rings is 2. The van der Waals surface area contributed by atoms with Crippen molar-refractivity contribution in [2.75, 3.05) is 13.1 Å². The number of hydrogen-bond acceptors (Lipinski definition) is 3. The van der Waals surface area contributed by atoms with Gasteiger partial charge in [0, 0.05) is 25.9 Å². The maximum absolute atomic E-state index is 13.5. The quantitative estimate of drug-likeness (QED) is 0.721. The lowest BCUT2D eigenvalue weighted by Crippen LogP contribution is -2.44. The lowest BCUT2D eigenvalue weighted by molar-refractivity contribution is -0.158. The first-order valence-electron chi connectivity index (χ1n) is 8.88. The Morgan fingerprint density at radius 2 is 1.46 bits per heavy atom. The standard InChI is InChI=1S/C21H23F2NO2/c1-16(17-8-4-2-5-9-17)26-20(25)19(18-10-6-3-7-11-18)24-14-12-21(22,23)13-15-24/h2-11,16,19H,12-15H2,1H3/t16?,19-/m0/s1. The normalized spacial score (nSPS) is 19.5. The van der Waals surface area contributed by atoms with Crippen LogP contribution >= 0.6 is 0 Å². The van der Waals surface area contributed by atoms with Crippen molar-refractivity contribution in [1.82, 2.24) is 4.90 Å². The minimum atomic E-state index is -2.65. The Kier molecular flexibility index (Phi) is 5.67. The number of hydrogen-bond donors (Lipinski definition) is 0. The van der Waals surface area contributed by atoms with Crippen LogP contribution in [0.1, 0.15) is 43.0 Å². The third-order valence-electron chi connectivity index (χ3n) is 4.80. The van der Waals surface area contributed by atoms with Gasteiger partial charge in [-0.2, -0.15) is 0 Å². The van der Waals surface area contributed by atoms with Crippen molar-refractivity contribution in [3.8, 4) is 0 Å². The number of halogens is 2. The van der Waals surface area contributed by atoms with Crippen molar-refractivity contribution in [2.45, 2.75) is 37.8 Å². The molecule has 0 radical (unpaired) electrons. The molecule has 1 heterocycles. The van der Waals surface area contributed by atoms with Crippen molar-refractivity contribution in [3.05, 3.63) is 71.8 Å². The molecule has 26 heavy (non-hydrogen) atoms. The smallest absolute Gasteiger partial charge is 0.328 e. The molecular formula is C21H23F2NO2. The minimum Gasteiger partial charge on any atom is -0.456 e. The van der Waals surface area contributed by atoms with E-state index in [1.165, 1.54) is 0 Å². The van der Waals surface area contributed by atoms with Crippen molar-refractivity contribution in [2.24, 2.45) is 0 Å². The van der Waals surface area contributed by atoms with Gasteiger partial charge in [-0.05, 0) is 18.1 Å². The van der Waals surface area contributed by atoms with Crippen LogP contribution < -0.4 is 0 Å². The fraction of sp³-hybridized carbons (Fsp3) is 0.381. The van der Waals surface area contributed by atoms with Gasteiger partial charge in [0.15, 0.2) is 0 Å². The summed E-state index contributed by atoms with van der Waals surface area (Å²) in [4.78, 5) is 14.7. The van der Waals surface area contributed by atoms with Gasteiger partial charge in [-0.25, -0.2) is 13.6 Å². The van der Waals surface area contributed by atoms with Crippen LogP contribution in [0.25, 0.3) is 0 Å². The minimum absolute atomic E-state index is 0.168. The number of rotatable bonds is 5. The molecule has 0 saturated carbocycles. The summed E-state index contributed by atoms with van der Waals surface area (Å²) in [5.74, 6) is -3.06. The van der Waals surface area contributed by atoms with Gasteiger partial charge in [0.1, 0.15) is 12.1 Å². The third-order valence-corrected chi connectivity index (χ3v) is 4.80. The predicted octanol–water partition coefficient (Wildman–Crippen LogP) is 4.76. The first kappa shape index (κ1) is 18.5. The second-order valence-electron chi connectivity index (χ2n) is 6.69. The molecule has 1 unspecified atom stereocenters. The topological polar surface area (TPSA) is 29.5 Å². The van der Waals surface area contributed by atoms with E-state index >= 15 is 0 Å². The summed E-state index contributed by atoms with van der Waals surface area (Å²) in [7, 11) is 0. The van der Waals surface area contributed by atoms with Crippen molar-refractivity contribution in [1.29, 1.82) is 0 Å². The Hall–Kier alpha value is -2.27. The summed E-state index contributed by atoms with van der Waals surface area (Å²) < 4.78 is 32.8. The van der Waals surface area contributed by atoms with E-state index in [9.17, 15) is 13.6 Å². The van der Waals surface area contributed by atoms with Gasteiger partial charge in [-0.15, -0.1) is 0 Å². The Morgan fingerprint density at radius 3 is 2.00 bits per heavy atom. The van der Waals surface area contributed by atoms with E-state index in [0.29, 0.717) is 0 Å². The molecule has 0 N–H and O–H groups in total. The molecule has 1 aliphatic heterocycles. The molecule has 0 aromatic heterocycles. The average molecular weight is 359 g/mol. The average Bonchev–Trinajstić information content (AvgIpc) is 2.65. The maximum atomic E-state index is 13.5. The summed E-state index contributed by atoms with van der Waals surface area (Å²) in [6.45, 7) is 2.16. The summed E-state index contributed by atoms with van der Waals surface area (Å²) in [5, 5.41) is 0. The number of carbonyl (C=O) groups excluding carboxylic acids is 1. The number of nitrogens with zero attached hydrogens (tertiary/aromatic N) is 1. The number of alkyl halides is 2. The van der Waals surface area contributed by atoms with Crippen molar-refractivity contribution >= 4 is 5.97 Å². The van der Waals surface area contributed by atoms with E-state index in [1.54, 1.807) is 4.90 Å². The van der Waals surface area contributed by atoms with Gasteiger partial charge in [0.05, 0.1) is 0 Å². The summed E-state index contributed by atoms with van der Waals surface area (Å²) in [6.07, 6.45) is -0.878. The Labute approximate surface area is 152 Å². The fourth-order valence-electron chi connectivity index (χ4n) is 3.27. The molecular weight excluding hydrogens is 336 g/mol. The second-order valence-corrected chi connectivity index (χ2v) is 6.69. The maximum Gasteiger partial charge on any atom is 0.328 e. The van der Waals surface area contributed by atoms with Crippen LogP contribution in [0.15, 0.2) is 60.7 Å². The predicted molar refractivity (Wildman–Crippen MR) is 95.9 cm³/mol. The molecule has 1 saturated heterocycles. The van der Waals surface area contributed by atoms with Crippen molar-refractivity contribution < 1.29 is 18.3 Å². The molecule has 1 aliphatic rings. The van der Waals surface area contributed by atoms with Crippen molar-refractivity contribution in [3.63, 3.8) is 0 Å². The van der Waals surface area contributed by atoms with E-state index in [2.05, 4.69) is 0 Å². The van der Waals surface area contributed by atoms with E-state index in [0.717, 1.165) is 11.1 Å². The zero-order chi connectivity index (χ0) is 18.6. The SMILES string of the molecule is CC(OC(=O)[C@H](c1ccccc1)N1CCC(F)(F)CC1)c1ccccc1. The van der Waals surface area contributed by atoms with Crippen LogP contribution in [-0.2, 0) is 9.53 Å². The lowest BCUT2D eigenvalue weighted by atomic mass is 10.00. The number of carbonyl (C=O) groups is 1. The van der Waals surface area contributed by atoms with Crippen LogP contribution in [0, 0.1) is 0 Å².